The summed E-state index contributed by atoms with van der Waals surface area (Å²) in [7, 11) is 0. The van der Waals surface area contributed by atoms with Crippen LogP contribution < -0.4 is 0 Å². The summed E-state index contributed by atoms with van der Waals surface area (Å²) >= 11 is 0. The van der Waals surface area contributed by atoms with E-state index < -0.39 is 0 Å². The van der Waals surface area contributed by atoms with Crippen molar-refractivity contribution in [2.24, 2.45) is 10.2 Å². The molecule has 1 aromatic carbocycles. The van der Waals surface area contributed by atoms with E-state index in [0.717, 1.165) is 5.56 Å². The number of benzene rings is 1. The normalized spacial score (nSPS) is 10.9. The summed E-state index contributed by atoms with van der Waals surface area (Å²) in [5.74, 6) is -0.255. The van der Waals surface area contributed by atoms with E-state index in [0.29, 0.717) is 18.9 Å². The van der Waals surface area contributed by atoms with Crippen LogP contribution in [0, 0.1) is 6.92 Å². The van der Waals surface area contributed by atoms with Crippen molar-refractivity contribution in [3.8, 4) is 0 Å². The molecule has 0 fully saturated rings. The van der Waals surface area contributed by atoms with Crippen LogP contribution in [-0.4, -0.2) is 19.1 Å². The predicted molar refractivity (Wildman–Crippen MR) is 61.8 cm³/mol. The number of rotatable bonds is 5. The van der Waals surface area contributed by atoms with Crippen LogP contribution in [0.3, 0.4) is 0 Å². The summed E-state index contributed by atoms with van der Waals surface area (Å²) in [5, 5.41) is 7.48. The van der Waals surface area contributed by atoms with E-state index in [-0.39, 0.29) is 12.3 Å². The standard InChI is InChI=1S/C12H16N2O2/c1-3-16-8-7-12(15)14-13-11-6-4-5-10(2)9-11/h4-6,9H,3,7-8H2,1-2H3. The van der Waals surface area contributed by atoms with Crippen molar-refractivity contribution in [3.63, 3.8) is 0 Å². The van der Waals surface area contributed by atoms with Gasteiger partial charge in [0, 0.05) is 6.61 Å². The van der Waals surface area contributed by atoms with Gasteiger partial charge >= 0.3 is 0 Å². The molecule has 0 N–H and O–H groups in total. The Labute approximate surface area is 95.3 Å². The van der Waals surface area contributed by atoms with E-state index in [1.807, 2.05) is 38.1 Å². The van der Waals surface area contributed by atoms with Crippen LogP contribution in [0.1, 0.15) is 18.9 Å². The fourth-order valence-corrected chi connectivity index (χ4v) is 1.16. The van der Waals surface area contributed by atoms with Crippen molar-refractivity contribution < 1.29 is 9.53 Å². The van der Waals surface area contributed by atoms with Gasteiger partial charge in [-0.2, -0.15) is 0 Å². The number of hydrogen-bond donors (Lipinski definition) is 0. The summed E-state index contributed by atoms with van der Waals surface area (Å²) in [6.07, 6.45) is 0.281. The molecule has 1 rings (SSSR count). The molecule has 4 nitrogen and oxygen atoms in total. The van der Waals surface area contributed by atoms with Crippen molar-refractivity contribution in [1.82, 2.24) is 0 Å². The molecule has 16 heavy (non-hydrogen) atoms. The molecule has 0 aromatic heterocycles. The lowest BCUT2D eigenvalue weighted by molar-refractivity contribution is -0.119. The van der Waals surface area contributed by atoms with Crippen molar-refractivity contribution in [1.29, 1.82) is 0 Å². The molecule has 86 valence electrons. The van der Waals surface area contributed by atoms with Gasteiger partial charge in [0.05, 0.1) is 18.7 Å². The van der Waals surface area contributed by atoms with Crippen LogP contribution in [0.25, 0.3) is 0 Å². The molecule has 0 spiro atoms. The predicted octanol–water partition coefficient (Wildman–Crippen LogP) is 3.03. The van der Waals surface area contributed by atoms with E-state index in [1.54, 1.807) is 0 Å². The zero-order valence-electron chi connectivity index (χ0n) is 9.64. The maximum Gasteiger partial charge on any atom is 0.267 e. The lowest BCUT2D eigenvalue weighted by Crippen LogP contribution is -2.00. The Bertz CT molecular complexity index is 375. The van der Waals surface area contributed by atoms with Gasteiger partial charge < -0.3 is 4.74 Å². The Morgan fingerprint density at radius 1 is 1.44 bits per heavy atom. The number of nitrogens with zero attached hydrogens (tertiary/aromatic N) is 2. The third kappa shape index (κ3) is 4.79. The highest BCUT2D eigenvalue weighted by Crippen LogP contribution is 2.13. The van der Waals surface area contributed by atoms with Gasteiger partial charge in [0.2, 0.25) is 0 Å². The van der Waals surface area contributed by atoms with Gasteiger partial charge in [0.25, 0.3) is 5.91 Å². The summed E-state index contributed by atoms with van der Waals surface area (Å²) in [5.41, 5.74) is 1.79. The summed E-state index contributed by atoms with van der Waals surface area (Å²) in [6, 6.07) is 7.54. The average molecular weight is 220 g/mol. The monoisotopic (exact) mass is 220 g/mol. The zero-order chi connectivity index (χ0) is 11.8. The van der Waals surface area contributed by atoms with E-state index in [1.165, 1.54) is 0 Å². The van der Waals surface area contributed by atoms with Gasteiger partial charge in [0.1, 0.15) is 0 Å². The number of amides is 1. The molecule has 0 unspecified atom stereocenters. The number of aryl methyl sites for hydroxylation is 1. The number of carbonyl (C=O) groups excluding carboxylic acids is 1. The van der Waals surface area contributed by atoms with Crippen LogP contribution >= 0.6 is 0 Å². The molecule has 0 aliphatic carbocycles. The topological polar surface area (TPSA) is 51.0 Å². The average Bonchev–Trinajstić information content (AvgIpc) is 2.27. The minimum Gasteiger partial charge on any atom is -0.381 e. The quantitative estimate of drug-likeness (QED) is 0.565. The second-order valence-electron chi connectivity index (χ2n) is 3.38. The first-order chi connectivity index (χ1) is 7.72. The maximum absolute atomic E-state index is 11.2. The Hall–Kier alpha value is -1.55. The molecule has 1 aromatic rings. The highest BCUT2D eigenvalue weighted by Gasteiger charge is 1.98. The van der Waals surface area contributed by atoms with E-state index in [2.05, 4.69) is 10.2 Å². The second kappa shape index (κ2) is 6.85. The van der Waals surface area contributed by atoms with Gasteiger partial charge in [0.15, 0.2) is 0 Å². The molecular weight excluding hydrogens is 204 g/mol. The van der Waals surface area contributed by atoms with Crippen LogP contribution in [0.4, 0.5) is 5.69 Å². The highest BCUT2D eigenvalue weighted by atomic mass is 16.5. The van der Waals surface area contributed by atoms with Crippen molar-refractivity contribution >= 4 is 11.6 Å². The molecule has 0 aliphatic heterocycles. The molecule has 0 saturated carbocycles. The molecule has 0 atom stereocenters. The number of ether oxygens (including phenoxy) is 1. The van der Waals surface area contributed by atoms with Crippen molar-refractivity contribution in [3.05, 3.63) is 29.8 Å². The van der Waals surface area contributed by atoms with Gasteiger partial charge in [-0.25, -0.2) is 0 Å². The second-order valence-corrected chi connectivity index (χ2v) is 3.38. The van der Waals surface area contributed by atoms with Gasteiger partial charge in [-0.15, -0.1) is 10.2 Å². The third-order valence-corrected chi connectivity index (χ3v) is 1.94. The Morgan fingerprint density at radius 2 is 2.25 bits per heavy atom. The molecule has 0 heterocycles. The molecule has 0 saturated heterocycles. The molecule has 0 aliphatic rings. The Balaban J connectivity index is 2.44. The lowest BCUT2D eigenvalue weighted by Gasteiger charge is -1.96. The van der Waals surface area contributed by atoms with E-state index in [9.17, 15) is 4.79 Å². The van der Waals surface area contributed by atoms with E-state index >= 15 is 0 Å². The summed E-state index contributed by atoms with van der Waals surface area (Å²) < 4.78 is 5.05. The molecule has 4 heteroatoms. The SMILES string of the molecule is CCOCCC(=O)N=Nc1cccc(C)c1. The fraction of sp³-hybridized carbons (Fsp3) is 0.417. The van der Waals surface area contributed by atoms with Crippen LogP contribution in [0.15, 0.2) is 34.5 Å². The molecule has 1 amide bonds. The van der Waals surface area contributed by atoms with Crippen LogP contribution in [0.5, 0.6) is 0 Å². The molecular formula is C12H16N2O2. The summed E-state index contributed by atoms with van der Waals surface area (Å²) in [6.45, 7) is 4.87. The van der Waals surface area contributed by atoms with Crippen molar-refractivity contribution in [2.75, 3.05) is 13.2 Å². The van der Waals surface area contributed by atoms with Crippen LogP contribution in [0.2, 0.25) is 0 Å². The smallest absolute Gasteiger partial charge is 0.267 e. The van der Waals surface area contributed by atoms with E-state index in [4.69, 9.17) is 4.74 Å². The first-order valence-electron chi connectivity index (χ1n) is 5.31. The highest BCUT2D eigenvalue weighted by molar-refractivity contribution is 5.76. The van der Waals surface area contributed by atoms with Crippen LogP contribution in [-0.2, 0) is 9.53 Å². The summed E-state index contributed by atoms with van der Waals surface area (Å²) in [4.78, 5) is 11.2. The third-order valence-electron chi connectivity index (χ3n) is 1.94. The first kappa shape index (κ1) is 12.5. The minimum absolute atomic E-state index is 0.255. The largest absolute Gasteiger partial charge is 0.381 e. The molecule has 0 bridgehead atoms. The number of hydrogen-bond acceptors (Lipinski definition) is 3. The minimum atomic E-state index is -0.255. The molecule has 0 radical (unpaired) electrons. The first-order valence-corrected chi connectivity index (χ1v) is 5.31. The van der Waals surface area contributed by atoms with Gasteiger partial charge in [-0.3, -0.25) is 4.79 Å². The van der Waals surface area contributed by atoms with Gasteiger partial charge in [-0.1, -0.05) is 12.1 Å². The van der Waals surface area contributed by atoms with Gasteiger partial charge in [-0.05, 0) is 31.5 Å². The maximum atomic E-state index is 11.2. The lowest BCUT2D eigenvalue weighted by atomic mass is 10.2. The van der Waals surface area contributed by atoms with Crippen molar-refractivity contribution in [2.45, 2.75) is 20.3 Å². The fourth-order valence-electron chi connectivity index (χ4n) is 1.16. The number of carbonyl (C=O) groups is 1. The number of azo groups is 1. The zero-order valence-corrected chi connectivity index (χ0v) is 9.64. The Kier molecular flexibility index (Phi) is 5.36. The Morgan fingerprint density at radius 3 is 2.94 bits per heavy atom.